The van der Waals surface area contributed by atoms with Crippen LogP contribution in [0, 0.1) is 0 Å². The number of nitrogens with one attached hydrogen (secondary N) is 1. The number of carbonyl (C=O) groups is 2. The number of benzene rings is 1. The first kappa shape index (κ1) is 18.8. The van der Waals surface area contributed by atoms with Crippen molar-refractivity contribution in [2.45, 2.75) is 18.6 Å². The Morgan fingerprint density at radius 1 is 1.29 bits per heavy atom. The van der Waals surface area contributed by atoms with E-state index in [4.69, 9.17) is 23.2 Å². The maximum Gasteiger partial charge on any atom is 0.411 e. The molecule has 0 spiro atoms. The maximum atomic E-state index is 12.5. The van der Waals surface area contributed by atoms with Gasteiger partial charge < -0.3 is 10.1 Å². The molecule has 1 fully saturated rings. The summed E-state index contributed by atoms with van der Waals surface area (Å²) in [6, 6.07) is 3.72. The van der Waals surface area contributed by atoms with Gasteiger partial charge in [0.1, 0.15) is 12.1 Å². The molecule has 1 atom stereocenters. The third-order valence-corrected chi connectivity index (χ3v) is 4.02. The third kappa shape index (κ3) is 3.93. The number of hydrogen-bond acceptors (Lipinski definition) is 3. The molecular weight excluding hydrogens is 372 g/mol. The average Bonchev–Trinajstić information content (AvgIpc) is 2.65. The van der Waals surface area contributed by atoms with Crippen LogP contribution in [0.3, 0.4) is 0 Å². The number of urea groups is 1. The monoisotopic (exact) mass is 384 g/mol. The zero-order valence-corrected chi connectivity index (χ0v) is 13.9. The molecule has 0 saturated carbocycles. The topological polar surface area (TPSA) is 58.6 Å². The van der Waals surface area contributed by atoms with Crippen molar-refractivity contribution in [1.82, 2.24) is 10.2 Å². The zero-order valence-electron chi connectivity index (χ0n) is 12.4. The number of ether oxygens (including phenoxy) is 1. The van der Waals surface area contributed by atoms with Gasteiger partial charge in [-0.1, -0.05) is 29.3 Å². The lowest BCUT2D eigenvalue weighted by Gasteiger charge is -2.23. The number of amides is 3. The van der Waals surface area contributed by atoms with E-state index in [0.717, 1.165) is 4.90 Å². The molecule has 1 aromatic rings. The number of rotatable bonds is 5. The Kier molecular flexibility index (Phi) is 5.31. The Morgan fingerprint density at radius 3 is 2.54 bits per heavy atom. The summed E-state index contributed by atoms with van der Waals surface area (Å²) in [4.78, 5) is 25.3. The van der Waals surface area contributed by atoms with Gasteiger partial charge >= 0.3 is 12.2 Å². The van der Waals surface area contributed by atoms with Gasteiger partial charge in [0, 0.05) is 15.6 Å². The Hall–Kier alpha value is -1.51. The molecule has 1 aliphatic heterocycles. The van der Waals surface area contributed by atoms with E-state index in [2.05, 4.69) is 10.1 Å². The number of hydrogen-bond donors (Lipinski definition) is 1. The van der Waals surface area contributed by atoms with E-state index >= 15 is 0 Å². The molecule has 1 aliphatic rings. The van der Waals surface area contributed by atoms with Gasteiger partial charge in [-0.15, -0.1) is 0 Å². The van der Waals surface area contributed by atoms with Gasteiger partial charge in [-0.05, 0) is 19.1 Å². The number of halogens is 5. The van der Waals surface area contributed by atoms with Crippen molar-refractivity contribution in [3.63, 3.8) is 0 Å². The summed E-state index contributed by atoms with van der Waals surface area (Å²) in [6.45, 7) is -0.722. The van der Waals surface area contributed by atoms with Gasteiger partial charge in [-0.2, -0.15) is 13.2 Å². The zero-order chi connectivity index (χ0) is 18.1. The van der Waals surface area contributed by atoms with Gasteiger partial charge in [0.05, 0.1) is 13.2 Å². The Labute approximate surface area is 145 Å². The van der Waals surface area contributed by atoms with Gasteiger partial charge in [0.15, 0.2) is 0 Å². The van der Waals surface area contributed by atoms with E-state index < -0.39 is 36.9 Å². The molecular formula is C14H13Cl2F3N2O3. The normalized spacial score (nSPS) is 21.3. The van der Waals surface area contributed by atoms with E-state index in [9.17, 15) is 22.8 Å². The van der Waals surface area contributed by atoms with E-state index in [0.29, 0.717) is 10.6 Å². The van der Waals surface area contributed by atoms with Crippen LogP contribution in [-0.2, 0) is 15.1 Å². The molecule has 1 saturated heterocycles. The third-order valence-electron chi connectivity index (χ3n) is 3.47. The summed E-state index contributed by atoms with van der Waals surface area (Å²) < 4.78 is 40.5. The van der Waals surface area contributed by atoms with Crippen molar-refractivity contribution in [2.24, 2.45) is 0 Å². The Bertz CT molecular complexity index is 669. The molecule has 1 aromatic carbocycles. The summed E-state index contributed by atoms with van der Waals surface area (Å²) in [5, 5.41) is 3.05. The fourth-order valence-corrected chi connectivity index (χ4v) is 2.92. The largest absolute Gasteiger partial charge is 0.411 e. The lowest BCUT2D eigenvalue weighted by Crippen LogP contribution is -2.41. The summed E-state index contributed by atoms with van der Waals surface area (Å²) >= 11 is 11.9. The van der Waals surface area contributed by atoms with Crippen molar-refractivity contribution in [3.8, 4) is 0 Å². The molecule has 0 aromatic heterocycles. The molecule has 1 unspecified atom stereocenters. The van der Waals surface area contributed by atoms with Gasteiger partial charge in [0.25, 0.3) is 5.91 Å². The fourth-order valence-electron chi connectivity index (χ4n) is 2.32. The van der Waals surface area contributed by atoms with E-state index in [1.807, 2.05) is 0 Å². The first-order valence-electron chi connectivity index (χ1n) is 6.79. The molecule has 5 nitrogen and oxygen atoms in total. The van der Waals surface area contributed by atoms with Crippen molar-refractivity contribution >= 4 is 35.1 Å². The van der Waals surface area contributed by atoms with Crippen LogP contribution in [0.2, 0.25) is 10.0 Å². The minimum atomic E-state index is -4.47. The second-order valence-corrected chi connectivity index (χ2v) is 6.15. The average molecular weight is 385 g/mol. The van der Waals surface area contributed by atoms with Gasteiger partial charge in [0.2, 0.25) is 0 Å². The lowest BCUT2D eigenvalue weighted by atomic mass is 9.92. The van der Waals surface area contributed by atoms with Crippen LogP contribution in [0.25, 0.3) is 0 Å². The highest BCUT2D eigenvalue weighted by molar-refractivity contribution is 6.35. The fraction of sp³-hybridized carbons (Fsp3) is 0.429. The smallest absolute Gasteiger partial charge is 0.370 e. The molecule has 3 amide bonds. The highest BCUT2D eigenvalue weighted by Gasteiger charge is 2.49. The van der Waals surface area contributed by atoms with Crippen molar-refractivity contribution < 1.29 is 27.5 Å². The molecule has 1 heterocycles. The summed E-state index contributed by atoms with van der Waals surface area (Å²) in [5.74, 6) is -0.632. The van der Waals surface area contributed by atoms with Crippen LogP contribution in [0.5, 0.6) is 0 Å². The number of nitrogens with zero attached hydrogens (tertiary/aromatic N) is 1. The predicted molar refractivity (Wildman–Crippen MR) is 80.9 cm³/mol. The predicted octanol–water partition coefficient (Wildman–Crippen LogP) is 3.34. The Morgan fingerprint density at radius 2 is 1.96 bits per heavy atom. The van der Waals surface area contributed by atoms with Crippen LogP contribution < -0.4 is 5.32 Å². The second kappa shape index (κ2) is 6.78. The molecule has 0 radical (unpaired) electrons. The first-order valence-corrected chi connectivity index (χ1v) is 7.54. The minimum Gasteiger partial charge on any atom is -0.370 e. The van der Waals surface area contributed by atoms with Crippen LogP contribution in [-0.4, -0.2) is 42.8 Å². The van der Waals surface area contributed by atoms with Crippen LogP contribution in [0.15, 0.2) is 18.2 Å². The minimum absolute atomic E-state index is 0.189. The van der Waals surface area contributed by atoms with E-state index in [-0.39, 0.29) is 11.6 Å². The first-order chi connectivity index (χ1) is 11.0. The van der Waals surface area contributed by atoms with Crippen LogP contribution in [0.4, 0.5) is 18.0 Å². The second-order valence-electron chi connectivity index (χ2n) is 5.30. The van der Waals surface area contributed by atoms with Crippen molar-refractivity contribution in [2.75, 3.05) is 19.8 Å². The lowest BCUT2D eigenvalue weighted by molar-refractivity contribution is -0.174. The molecule has 132 valence electrons. The van der Waals surface area contributed by atoms with Gasteiger partial charge in [-0.3, -0.25) is 9.69 Å². The van der Waals surface area contributed by atoms with Crippen molar-refractivity contribution in [3.05, 3.63) is 33.8 Å². The molecule has 2 rings (SSSR count). The van der Waals surface area contributed by atoms with Gasteiger partial charge in [-0.25, -0.2) is 4.79 Å². The quantitative estimate of drug-likeness (QED) is 0.625. The molecule has 24 heavy (non-hydrogen) atoms. The number of carbonyl (C=O) groups excluding carboxylic acids is 2. The SMILES string of the molecule is CC1(c2ccc(Cl)cc2Cl)NC(=O)N(CCOCC(F)(F)F)C1=O. The summed E-state index contributed by atoms with van der Waals surface area (Å²) in [5.41, 5.74) is -1.09. The summed E-state index contributed by atoms with van der Waals surface area (Å²) in [6.07, 6.45) is -4.47. The molecule has 1 N–H and O–H groups in total. The highest BCUT2D eigenvalue weighted by Crippen LogP contribution is 2.34. The Balaban J connectivity index is 2.10. The molecule has 10 heteroatoms. The highest BCUT2D eigenvalue weighted by atomic mass is 35.5. The van der Waals surface area contributed by atoms with Crippen LogP contribution in [0.1, 0.15) is 12.5 Å². The van der Waals surface area contributed by atoms with Crippen LogP contribution >= 0.6 is 23.2 Å². The number of alkyl halides is 3. The maximum absolute atomic E-state index is 12.5. The van der Waals surface area contributed by atoms with E-state index in [1.54, 1.807) is 0 Å². The molecule has 0 bridgehead atoms. The summed E-state index contributed by atoms with van der Waals surface area (Å²) in [7, 11) is 0. The van der Waals surface area contributed by atoms with E-state index in [1.165, 1.54) is 25.1 Å². The standard InChI is InChI=1S/C14H13Cl2F3N2O3/c1-13(9-3-2-8(15)6-10(9)16)11(22)21(12(23)20-13)4-5-24-7-14(17,18)19/h2-3,6H,4-5,7H2,1H3,(H,20,23). The van der Waals surface area contributed by atoms with Crippen molar-refractivity contribution in [1.29, 1.82) is 0 Å². The molecule has 0 aliphatic carbocycles. The number of imide groups is 1.